The van der Waals surface area contributed by atoms with Crippen LogP contribution in [-0.2, 0) is 0 Å². The van der Waals surface area contributed by atoms with Gasteiger partial charge in [-0.3, -0.25) is 0 Å². The standard InChI is InChI=1S/C32H20N8/c1-2-10-18-17(9-1)25-33-26(18)38-28-21-13-5-6-14-22(21)30(35-28)40-32-24-16-8-7-15-23(24)31(36-32)39-29-20-12-4-3-11-19(20)27(34-29)37-25/h1-16H,(H4,33,34,35,36,37,38,39,40)/i9D. The third-order valence-corrected chi connectivity index (χ3v) is 7.50. The highest BCUT2D eigenvalue weighted by Crippen LogP contribution is 2.35. The molecular formula is C32H20N8. The van der Waals surface area contributed by atoms with Crippen LogP contribution in [0.15, 0.2) is 117 Å². The highest BCUT2D eigenvalue weighted by molar-refractivity contribution is 6.01. The molecule has 1 aliphatic rings. The van der Waals surface area contributed by atoms with Gasteiger partial charge >= 0.3 is 0 Å². The Morgan fingerprint density at radius 3 is 1.05 bits per heavy atom. The molecule has 0 saturated heterocycles. The van der Waals surface area contributed by atoms with Crippen LogP contribution in [0.3, 0.4) is 0 Å². The summed E-state index contributed by atoms with van der Waals surface area (Å²) in [6, 6.07) is 30.2. The Bertz CT molecular complexity index is 2610. The minimum Gasteiger partial charge on any atom is -0.324 e. The van der Waals surface area contributed by atoms with Crippen molar-refractivity contribution >= 4 is 66.4 Å². The number of fused-ring (bicyclic) bond motifs is 20. The van der Waals surface area contributed by atoms with Gasteiger partial charge in [-0.2, -0.15) is 0 Å². The summed E-state index contributed by atoms with van der Waals surface area (Å²) in [6.45, 7) is 0. The van der Waals surface area contributed by atoms with E-state index in [1.165, 1.54) is 0 Å². The predicted octanol–water partition coefficient (Wildman–Crippen LogP) is 5.73. The van der Waals surface area contributed by atoms with Crippen LogP contribution in [0.5, 0.6) is 0 Å². The van der Waals surface area contributed by atoms with Crippen molar-refractivity contribution in [2.24, 2.45) is 20.0 Å². The summed E-state index contributed by atoms with van der Waals surface area (Å²) in [5.74, 6) is 2.70. The maximum absolute atomic E-state index is 8.71. The number of nitrogens with one attached hydrogen (secondary N) is 4. The summed E-state index contributed by atoms with van der Waals surface area (Å²) in [5.41, 5.74) is 2.58. The Morgan fingerprint density at radius 2 is 0.650 bits per heavy atom. The fourth-order valence-corrected chi connectivity index (χ4v) is 5.65. The second-order valence-corrected chi connectivity index (χ2v) is 9.83. The summed E-state index contributed by atoms with van der Waals surface area (Å²) in [4.78, 5) is 34.0. The van der Waals surface area contributed by atoms with E-state index in [1.807, 2.05) is 84.9 Å². The van der Waals surface area contributed by atoms with Crippen LogP contribution in [0.1, 0.15) is 1.37 Å². The molecule has 4 N–H and O–H groups in total. The Morgan fingerprint density at radius 1 is 0.350 bits per heavy atom. The summed E-state index contributed by atoms with van der Waals surface area (Å²) < 4.78 is 8.71. The summed E-state index contributed by atoms with van der Waals surface area (Å²) in [5, 5.41) is 7.22. The lowest BCUT2D eigenvalue weighted by atomic mass is 10.2. The molecule has 4 aromatic heterocycles. The van der Waals surface area contributed by atoms with Crippen molar-refractivity contribution in [3.05, 3.63) is 119 Å². The summed E-state index contributed by atoms with van der Waals surface area (Å²) >= 11 is 0. The number of aromatic amines is 4. The number of nitrogens with zero attached hydrogens (tertiary/aromatic N) is 4. The first-order valence-corrected chi connectivity index (χ1v) is 13.0. The molecule has 0 fully saturated rings. The Balaban J connectivity index is 1.52. The monoisotopic (exact) mass is 517 g/mol. The Hall–Kier alpha value is -5.76. The van der Waals surface area contributed by atoms with Crippen molar-refractivity contribution < 1.29 is 1.37 Å². The highest BCUT2D eigenvalue weighted by Gasteiger charge is 2.14. The van der Waals surface area contributed by atoms with Crippen molar-refractivity contribution in [3.63, 3.8) is 0 Å². The van der Waals surface area contributed by atoms with Gasteiger partial charge in [0.2, 0.25) is 0 Å². The predicted molar refractivity (Wildman–Crippen MR) is 156 cm³/mol. The van der Waals surface area contributed by atoms with Crippen LogP contribution in [0, 0.1) is 0 Å². The number of benzene rings is 4. The van der Waals surface area contributed by atoms with E-state index in [2.05, 4.69) is 19.9 Å². The second kappa shape index (κ2) is 7.87. The summed E-state index contributed by atoms with van der Waals surface area (Å²) in [7, 11) is 0. The number of hydrogen-bond donors (Lipinski definition) is 4. The number of aromatic nitrogens is 4. The van der Waals surface area contributed by atoms with Gasteiger partial charge < -0.3 is 19.9 Å². The van der Waals surface area contributed by atoms with Crippen LogP contribution in [0.25, 0.3) is 43.1 Å². The van der Waals surface area contributed by atoms with E-state index in [0.29, 0.717) is 56.7 Å². The normalized spacial score (nSPS) is 13.2. The lowest BCUT2D eigenvalue weighted by molar-refractivity contribution is 1.08. The first-order valence-electron chi connectivity index (χ1n) is 13.5. The van der Waals surface area contributed by atoms with Crippen LogP contribution >= 0.6 is 0 Å². The van der Waals surface area contributed by atoms with Crippen molar-refractivity contribution in [2.45, 2.75) is 0 Å². The maximum Gasteiger partial charge on any atom is 0.142 e. The molecule has 1 aliphatic heterocycles. The van der Waals surface area contributed by atoms with E-state index < -0.39 is 0 Å². The zero-order valence-corrected chi connectivity index (χ0v) is 20.9. The van der Waals surface area contributed by atoms with E-state index in [4.69, 9.17) is 21.3 Å². The molecule has 0 radical (unpaired) electrons. The van der Waals surface area contributed by atoms with E-state index >= 15 is 0 Å². The number of hydrogen-bond acceptors (Lipinski definition) is 4. The molecule has 0 atom stereocenters. The minimum atomic E-state index is 0.370. The van der Waals surface area contributed by atoms with Gasteiger partial charge in [0.25, 0.3) is 0 Å². The topological polar surface area (TPSA) is 113 Å². The van der Waals surface area contributed by atoms with Gasteiger partial charge in [0.05, 0.1) is 1.37 Å². The quantitative estimate of drug-likeness (QED) is 0.197. The van der Waals surface area contributed by atoms with E-state index in [-0.39, 0.29) is 0 Å². The van der Waals surface area contributed by atoms with Gasteiger partial charge in [0.15, 0.2) is 0 Å². The lowest BCUT2D eigenvalue weighted by Gasteiger charge is -1.91. The van der Waals surface area contributed by atoms with Crippen LogP contribution < -0.4 is 22.0 Å². The SMILES string of the molecule is [2H]c1cccc2c3[nH]c(c12)=Nc1[nH]c(c2ccccc12)N=c1[nH]c(c2ccccc12)=Nc1[nH]c(c2ccccc12)N=3. The number of H-pyrrole nitrogens is 4. The van der Waals surface area contributed by atoms with Crippen LogP contribution in [0.4, 0.5) is 23.3 Å². The third kappa shape index (κ3) is 3.01. The molecule has 0 spiro atoms. The fourth-order valence-electron chi connectivity index (χ4n) is 5.65. The van der Waals surface area contributed by atoms with E-state index in [1.54, 1.807) is 6.07 Å². The van der Waals surface area contributed by atoms with Crippen molar-refractivity contribution in [2.75, 3.05) is 0 Å². The molecule has 9 rings (SSSR count). The van der Waals surface area contributed by atoms with Crippen LogP contribution in [0.2, 0.25) is 0 Å². The third-order valence-electron chi connectivity index (χ3n) is 7.50. The van der Waals surface area contributed by atoms with Gasteiger partial charge in [0, 0.05) is 43.1 Å². The lowest BCUT2D eigenvalue weighted by Crippen LogP contribution is -2.10. The Labute approximate surface area is 226 Å². The zero-order valence-electron chi connectivity index (χ0n) is 21.9. The van der Waals surface area contributed by atoms with Crippen molar-refractivity contribution in [1.29, 1.82) is 0 Å². The van der Waals surface area contributed by atoms with E-state index in [0.717, 1.165) is 37.7 Å². The molecule has 0 amide bonds. The smallest absolute Gasteiger partial charge is 0.142 e. The average Bonchev–Trinajstić information content (AvgIpc) is 3.73. The van der Waals surface area contributed by atoms with Gasteiger partial charge in [0.1, 0.15) is 45.2 Å². The van der Waals surface area contributed by atoms with Gasteiger partial charge in [-0.25, -0.2) is 20.0 Å². The average molecular weight is 518 g/mol. The minimum absolute atomic E-state index is 0.370. The highest BCUT2D eigenvalue weighted by atomic mass is 15.1. The molecule has 5 heterocycles. The molecule has 4 aromatic carbocycles. The number of rotatable bonds is 0. The molecule has 8 bridgehead atoms. The molecule has 188 valence electrons. The molecule has 0 unspecified atom stereocenters. The Kier molecular flexibility index (Phi) is 3.98. The van der Waals surface area contributed by atoms with Crippen molar-refractivity contribution in [1.82, 2.24) is 19.9 Å². The molecule has 0 aliphatic carbocycles. The van der Waals surface area contributed by atoms with Gasteiger partial charge in [-0.05, 0) is 0 Å². The molecule has 8 aromatic rings. The maximum atomic E-state index is 8.71. The second-order valence-electron chi connectivity index (χ2n) is 9.83. The van der Waals surface area contributed by atoms with E-state index in [9.17, 15) is 0 Å². The molecule has 0 saturated carbocycles. The first-order chi connectivity index (χ1) is 20.2. The largest absolute Gasteiger partial charge is 0.324 e. The fraction of sp³-hybridized carbons (Fsp3) is 0. The zero-order chi connectivity index (χ0) is 27.1. The van der Waals surface area contributed by atoms with Gasteiger partial charge in [-0.1, -0.05) is 97.0 Å². The first kappa shape index (κ1) is 20.2. The van der Waals surface area contributed by atoms with Crippen molar-refractivity contribution in [3.8, 4) is 0 Å². The summed E-state index contributed by atoms with van der Waals surface area (Å²) in [6.07, 6.45) is 0. The van der Waals surface area contributed by atoms with Crippen LogP contribution in [-0.4, -0.2) is 19.9 Å². The molecule has 8 heteroatoms. The molecule has 8 nitrogen and oxygen atoms in total. The molecule has 40 heavy (non-hydrogen) atoms. The van der Waals surface area contributed by atoms with Gasteiger partial charge in [-0.15, -0.1) is 0 Å². The molecular weight excluding hydrogens is 496 g/mol.